The van der Waals surface area contributed by atoms with E-state index in [1.165, 1.54) is 5.56 Å². The number of carbonyl (C=O) groups is 1. The van der Waals surface area contributed by atoms with Gasteiger partial charge in [-0.3, -0.25) is 9.89 Å². The molecule has 0 aliphatic carbocycles. The molecule has 3 rings (SSSR count). The SMILES string of the molecule is CC(C)c1ccc(C=NNC(=O)c2cc(-c3ccccc3)n[nH]2)cc1. The topological polar surface area (TPSA) is 70.1 Å². The minimum atomic E-state index is -0.329. The third-order valence-electron chi connectivity index (χ3n) is 3.87. The van der Waals surface area contributed by atoms with Crippen LogP contribution in [0.3, 0.4) is 0 Å². The number of carbonyl (C=O) groups excluding carboxylic acids is 1. The summed E-state index contributed by atoms with van der Waals surface area (Å²) < 4.78 is 0. The summed E-state index contributed by atoms with van der Waals surface area (Å²) in [5.74, 6) is 0.162. The van der Waals surface area contributed by atoms with Crippen LogP contribution >= 0.6 is 0 Å². The fourth-order valence-corrected chi connectivity index (χ4v) is 2.39. The van der Waals surface area contributed by atoms with Crippen LogP contribution in [0.1, 0.15) is 41.4 Å². The van der Waals surface area contributed by atoms with Crippen LogP contribution in [0.15, 0.2) is 65.8 Å². The van der Waals surface area contributed by atoms with Gasteiger partial charge in [0.2, 0.25) is 0 Å². The number of hydrogen-bond acceptors (Lipinski definition) is 3. The van der Waals surface area contributed by atoms with E-state index in [0.29, 0.717) is 11.6 Å². The van der Waals surface area contributed by atoms with E-state index in [2.05, 4.69) is 46.7 Å². The highest BCUT2D eigenvalue weighted by atomic mass is 16.2. The second kappa shape index (κ2) is 7.57. The van der Waals surface area contributed by atoms with E-state index in [-0.39, 0.29) is 5.91 Å². The molecule has 25 heavy (non-hydrogen) atoms. The highest BCUT2D eigenvalue weighted by Gasteiger charge is 2.09. The van der Waals surface area contributed by atoms with Crippen molar-refractivity contribution >= 4 is 12.1 Å². The number of aromatic nitrogens is 2. The van der Waals surface area contributed by atoms with Crippen LogP contribution in [0, 0.1) is 0 Å². The molecule has 1 amide bonds. The van der Waals surface area contributed by atoms with Crippen LogP contribution < -0.4 is 5.43 Å². The predicted molar refractivity (Wildman–Crippen MR) is 99.6 cm³/mol. The zero-order chi connectivity index (χ0) is 17.6. The van der Waals surface area contributed by atoms with Crippen LogP contribution in [0.5, 0.6) is 0 Å². The Morgan fingerprint density at radius 3 is 2.52 bits per heavy atom. The van der Waals surface area contributed by atoms with Crippen LogP contribution in [-0.2, 0) is 0 Å². The van der Waals surface area contributed by atoms with Crippen molar-refractivity contribution in [2.75, 3.05) is 0 Å². The Bertz CT molecular complexity index is 864. The molecule has 0 fully saturated rings. The Balaban J connectivity index is 1.62. The maximum atomic E-state index is 12.1. The van der Waals surface area contributed by atoms with Gasteiger partial charge in [0.25, 0.3) is 5.91 Å². The molecule has 5 nitrogen and oxygen atoms in total. The summed E-state index contributed by atoms with van der Waals surface area (Å²) in [6, 6.07) is 19.5. The normalized spacial score (nSPS) is 11.2. The van der Waals surface area contributed by atoms with Gasteiger partial charge in [0.15, 0.2) is 0 Å². The number of rotatable bonds is 5. The van der Waals surface area contributed by atoms with Gasteiger partial charge in [-0.2, -0.15) is 10.2 Å². The van der Waals surface area contributed by atoms with E-state index in [0.717, 1.165) is 16.8 Å². The van der Waals surface area contributed by atoms with E-state index in [1.54, 1.807) is 12.3 Å². The van der Waals surface area contributed by atoms with Gasteiger partial charge in [-0.1, -0.05) is 68.4 Å². The van der Waals surface area contributed by atoms with Gasteiger partial charge < -0.3 is 0 Å². The maximum absolute atomic E-state index is 12.1. The smallest absolute Gasteiger partial charge is 0.272 e. The van der Waals surface area contributed by atoms with Crippen molar-refractivity contribution in [2.24, 2.45) is 5.10 Å². The van der Waals surface area contributed by atoms with Gasteiger partial charge in [0, 0.05) is 5.56 Å². The number of aromatic amines is 1. The molecule has 2 N–H and O–H groups in total. The summed E-state index contributed by atoms with van der Waals surface area (Å²) in [5.41, 5.74) is 6.75. The molecule has 0 unspecified atom stereocenters. The molecule has 0 radical (unpaired) electrons. The summed E-state index contributed by atoms with van der Waals surface area (Å²) in [7, 11) is 0. The maximum Gasteiger partial charge on any atom is 0.289 e. The first-order chi connectivity index (χ1) is 12.1. The van der Waals surface area contributed by atoms with Crippen molar-refractivity contribution in [3.05, 3.63) is 77.5 Å². The average Bonchev–Trinajstić information content (AvgIpc) is 3.13. The largest absolute Gasteiger partial charge is 0.289 e. The summed E-state index contributed by atoms with van der Waals surface area (Å²) in [4.78, 5) is 12.1. The lowest BCUT2D eigenvalue weighted by Gasteiger charge is -2.04. The molecule has 1 heterocycles. The monoisotopic (exact) mass is 332 g/mol. The second-order valence-electron chi connectivity index (χ2n) is 6.05. The van der Waals surface area contributed by atoms with Gasteiger partial charge >= 0.3 is 0 Å². The van der Waals surface area contributed by atoms with E-state index < -0.39 is 0 Å². The number of nitrogens with one attached hydrogen (secondary N) is 2. The number of nitrogens with zero attached hydrogens (tertiary/aromatic N) is 2. The molecule has 0 saturated carbocycles. The number of hydrazone groups is 1. The highest BCUT2D eigenvalue weighted by Crippen LogP contribution is 2.17. The third-order valence-corrected chi connectivity index (χ3v) is 3.87. The lowest BCUT2D eigenvalue weighted by atomic mass is 10.0. The Hall–Kier alpha value is -3.21. The average molecular weight is 332 g/mol. The quantitative estimate of drug-likeness (QED) is 0.548. The number of H-pyrrole nitrogens is 1. The van der Waals surface area contributed by atoms with Gasteiger partial charge in [-0.25, -0.2) is 5.43 Å². The summed E-state index contributed by atoms with van der Waals surface area (Å²) in [5, 5.41) is 10.9. The Labute approximate surface area is 146 Å². The zero-order valence-electron chi connectivity index (χ0n) is 14.2. The van der Waals surface area contributed by atoms with Crippen molar-refractivity contribution in [2.45, 2.75) is 19.8 Å². The van der Waals surface area contributed by atoms with Crippen molar-refractivity contribution in [1.82, 2.24) is 15.6 Å². The molecule has 3 aromatic rings. The molecule has 0 spiro atoms. The lowest BCUT2D eigenvalue weighted by Crippen LogP contribution is -2.18. The molecule has 5 heteroatoms. The van der Waals surface area contributed by atoms with Crippen molar-refractivity contribution in [3.63, 3.8) is 0 Å². The fraction of sp³-hybridized carbons (Fsp3) is 0.150. The Morgan fingerprint density at radius 2 is 1.84 bits per heavy atom. The molecule has 2 aromatic carbocycles. The predicted octanol–water partition coefficient (Wildman–Crippen LogP) is 3.96. The standard InChI is InChI=1S/C20H20N4O/c1-14(2)16-10-8-15(9-11-16)13-21-24-20(25)19-12-18(22-23-19)17-6-4-3-5-7-17/h3-14H,1-2H3,(H,22,23)(H,24,25). The number of hydrogen-bond donors (Lipinski definition) is 2. The highest BCUT2D eigenvalue weighted by molar-refractivity contribution is 5.94. The Morgan fingerprint density at radius 1 is 1.12 bits per heavy atom. The molecule has 1 aromatic heterocycles. The first-order valence-corrected chi connectivity index (χ1v) is 8.17. The van der Waals surface area contributed by atoms with Gasteiger partial charge in [-0.15, -0.1) is 0 Å². The first-order valence-electron chi connectivity index (χ1n) is 8.17. The minimum Gasteiger partial charge on any atom is -0.272 e. The minimum absolute atomic E-state index is 0.329. The van der Waals surface area contributed by atoms with Crippen molar-refractivity contribution in [1.29, 1.82) is 0 Å². The van der Waals surface area contributed by atoms with Gasteiger partial charge in [0.1, 0.15) is 5.69 Å². The van der Waals surface area contributed by atoms with Crippen molar-refractivity contribution in [3.8, 4) is 11.3 Å². The van der Waals surface area contributed by atoms with Gasteiger partial charge in [0.05, 0.1) is 11.9 Å². The number of amides is 1. The van der Waals surface area contributed by atoms with E-state index in [4.69, 9.17) is 0 Å². The van der Waals surface area contributed by atoms with Gasteiger partial charge in [-0.05, 0) is 23.1 Å². The van der Waals surface area contributed by atoms with Crippen LogP contribution in [0.2, 0.25) is 0 Å². The number of benzene rings is 2. The Kier molecular flexibility index (Phi) is 5.04. The summed E-state index contributed by atoms with van der Waals surface area (Å²) in [6.07, 6.45) is 1.62. The van der Waals surface area contributed by atoms with Crippen LogP contribution in [0.25, 0.3) is 11.3 Å². The second-order valence-corrected chi connectivity index (χ2v) is 6.05. The third kappa shape index (κ3) is 4.20. The molecule has 0 bridgehead atoms. The van der Waals surface area contributed by atoms with E-state index >= 15 is 0 Å². The fourth-order valence-electron chi connectivity index (χ4n) is 2.39. The first kappa shape index (κ1) is 16.6. The van der Waals surface area contributed by atoms with E-state index in [1.807, 2.05) is 42.5 Å². The van der Waals surface area contributed by atoms with Crippen LogP contribution in [-0.4, -0.2) is 22.3 Å². The molecule has 126 valence electrons. The van der Waals surface area contributed by atoms with Crippen LogP contribution in [0.4, 0.5) is 0 Å². The lowest BCUT2D eigenvalue weighted by molar-refractivity contribution is 0.0950. The zero-order valence-corrected chi connectivity index (χ0v) is 14.2. The molecule has 0 saturated heterocycles. The molecular weight excluding hydrogens is 312 g/mol. The molecular formula is C20H20N4O. The molecule has 0 aliphatic rings. The van der Waals surface area contributed by atoms with Crippen molar-refractivity contribution < 1.29 is 4.79 Å². The summed E-state index contributed by atoms with van der Waals surface area (Å²) in [6.45, 7) is 4.30. The summed E-state index contributed by atoms with van der Waals surface area (Å²) >= 11 is 0. The van der Waals surface area contributed by atoms with E-state index in [9.17, 15) is 4.79 Å². The molecule has 0 aliphatic heterocycles. The molecule has 0 atom stereocenters.